The van der Waals surface area contributed by atoms with E-state index in [0.29, 0.717) is 5.56 Å². The van der Waals surface area contributed by atoms with Gasteiger partial charge in [0.1, 0.15) is 5.75 Å². The number of rotatable bonds is 2. The van der Waals surface area contributed by atoms with Gasteiger partial charge in [0.25, 0.3) is 5.91 Å². The lowest BCUT2D eigenvalue weighted by atomic mass is 9.63. The summed E-state index contributed by atoms with van der Waals surface area (Å²) in [5, 5.41) is 12.3. The summed E-state index contributed by atoms with van der Waals surface area (Å²) in [6.07, 6.45) is 0.815. The Bertz CT molecular complexity index is 483. The SMILES string of the molecule is Cc1cc(O)ccc1C(=O)NC1CC(N)C1(C)C. The van der Waals surface area contributed by atoms with Crippen molar-refractivity contribution in [3.8, 4) is 5.75 Å². The van der Waals surface area contributed by atoms with Gasteiger partial charge in [-0.2, -0.15) is 0 Å². The third-order valence-corrected chi connectivity index (χ3v) is 4.10. The molecule has 2 rings (SSSR count). The molecule has 0 heterocycles. The zero-order valence-corrected chi connectivity index (χ0v) is 11.0. The number of phenolic OH excluding ortho intramolecular Hbond substituents is 1. The second-order valence-corrected chi connectivity index (χ2v) is 5.69. The number of benzene rings is 1. The van der Waals surface area contributed by atoms with Crippen molar-refractivity contribution < 1.29 is 9.90 Å². The van der Waals surface area contributed by atoms with Crippen molar-refractivity contribution in [1.29, 1.82) is 0 Å². The van der Waals surface area contributed by atoms with Crippen LogP contribution in [-0.4, -0.2) is 23.1 Å². The molecular formula is C14H20N2O2. The molecule has 0 radical (unpaired) electrons. The minimum atomic E-state index is -0.0996. The molecule has 0 saturated heterocycles. The summed E-state index contributed by atoms with van der Waals surface area (Å²) in [4.78, 5) is 12.1. The highest BCUT2D eigenvalue weighted by Crippen LogP contribution is 2.39. The summed E-state index contributed by atoms with van der Waals surface area (Å²) in [6, 6.07) is 5.02. The number of carbonyl (C=O) groups excluding carboxylic acids is 1. The van der Waals surface area contributed by atoms with Crippen molar-refractivity contribution in [2.45, 2.75) is 39.3 Å². The first-order valence-electron chi connectivity index (χ1n) is 6.18. The van der Waals surface area contributed by atoms with Gasteiger partial charge in [-0.1, -0.05) is 13.8 Å². The molecular weight excluding hydrogens is 228 g/mol. The molecule has 98 valence electrons. The second-order valence-electron chi connectivity index (χ2n) is 5.69. The Labute approximate surface area is 107 Å². The molecule has 0 bridgehead atoms. The number of amides is 1. The molecule has 2 atom stereocenters. The summed E-state index contributed by atoms with van der Waals surface area (Å²) in [5.74, 6) is 0.0764. The van der Waals surface area contributed by atoms with Crippen LogP contribution in [0.1, 0.15) is 36.2 Å². The summed E-state index contributed by atoms with van der Waals surface area (Å²) in [7, 11) is 0. The molecule has 0 spiro atoms. The maximum Gasteiger partial charge on any atom is 0.251 e. The van der Waals surface area contributed by atoms with E-state index in [9.17, 15) is 9.90 Å². The fourth-order valence-corrected chi connectivity index (χ4v) is 2.34. The van der Waals surface area contributed by atoms with Crippen LogP contribution >= 0.6 is 0 Å². The van der Waals surface area contributed by atoms with Gasteiger partial charge >= 0.3 is 0 Å². The van der Waals surface area contributed by atoms with Crippen LogP contribution in [0.4, 0.5) is 0 Å². The minimum Gasteiger partial charge on any atom is -0.508 e. The van der Waals surface area contributed by atoms with Crippen LogP contribution in [0.3, 0.4) is 0 Å². The monoisotopic (exact) mass is 248 g/mol. The Kier molecular flexibility index (Phi) is 3.07. The number of hydrogen-bond acceptors (Lipinski definition) is 3. The summed E-state index contributed by atoms with van der Waals surface area (Å²) in [5.41, 5.74) is 7.24. The van der Waals surface area contributed by atoms with E-state index in [4.69, 9.17) is 5.73 Å². The van der Waals surface area contributed by atoms with Crippen LogP contribution in [0.5, 0.6) is 5.75 Å². The molecule has 4 nitrogen and oxygen atoms in total. The van der Waals surface area contributed by atoms with Crippen molar-refractivity contribution in [2.75, 3.05) is 0 Å². The number of phenols is 1. The summed E-state index contributed by atoms with van der Waals surface area (Å²) < 4.78 is 0. The number of aromatic hydroxyl groups is 1. The van der Waals surface area contributed by atoms with E-state index in [1.165, 1.54) is 6.07 Å². The van der Waals surface area contributed by atoms with Gasteiger partial charge in [-0.15, -0.1) is 0 Å². The quantitative estimate of drug-likeness (QED) is 0.743. The molecule has 1 amide bonds. The lowest BCUT2D eigenvalue weighted by Gasteiger charge is -2.50. The van der Waals surface area contributed by atoms with E-state index >= 15 is 0 Å². The first kappa shape index (κ1) is 12.9. The fraction of sp³-hybridized carbons (Fsp3) is 0.500. The Morgan fingerprint density at radius 2 is 2.17 bits per heavy atom. The van der Waals surface area contributed by atoms with E-state index in [1.807, 2.05) is 6.92 Å². The fourth-order valence-electron chi connectivity index (χ4n) is 2.34. The van der Waals surface area contributed by atoms with Crippen LogP contribution in [-0.2, 0) is 0 Å². The van der Waals surface area contributed by atoms with E-state index < -0.39 is 0 Å². The Morgan fingerprint density at radius 1 is 1.50 bits per heavy atom. The maximum atomic E-state index is 12.1. The molecule has 1 saturated carbocycles. The second kappa shape index (κ2) is 4.28. The van der Waals surface area contributed by atoms with Gasteiger partial charge in [0, 0.05) is 23.1 Å². The normalized spacial score (nSPS) is 25.3. The highest BCUT2D eigenvalue weighted by atomic mass is 16.3. The Hall–Kier alpha value is -1.55. The van der Waals surface area contributed by atoms with Gasteiger partial charge in [-0.05, 0) is 37.1 Å². The van der Waals surface area contributed by atoms with E-state index in [2.05, 4.69) is 19.2 Å². The summed E-state index contributed by atoms with van der Waals surface area (Å²) in [6.45, 7) is 5.94. The number of hydrogen-bond donors (Lipinski definition) is 3. The van der Waals surface area contributed by atoms with Crippen molar-refractivity contribution in [3.63, 3.8) is 0 Å². The molecule has 4 heteroatoms. The van der Waals surface area contributed by atoms with Gasteiger partial charge in [-0.3, -0.25) is 4.79 Å². The van der Waals surface area contributed by atoms with E-state index in [-0.39, 0.29) is 29.2 Å². The number of nitrogens with one attached hydrogen (secondary N) is 1. The van der Waals surface area contributed by atoms with Crippen LogP contribution in [0.15, 0.2) is 18.2 Å². The predicted molar refractivity (Wildman–Crippen MR) is 70.5 cm³/mol. The molecule has 18 heavy (non-hydrogen) atoms. The van der Waals surface area contributed by atoms with Gasteiger partial charge in [0.05, 0.1) is 0 Å². The molecule has 0 aromatic heterocycles. The van der Waals surface area contributed by atoms with Gasteiger partial charge < -0.3 is 16.2 Å². The van der Waals surface area contributed by atoms with Crippen LogP contribution in [0, 0.1) is 12.3 Å². The molecule has 1 fully saturated rings. The highest BCUT2D eigenvalue weighted by molar-refractivity contribution is 5.96. The molecule has 4 N–H and O–H groups in total. The zero-order chi connectivity index (χ0) is 13.5. The number of nitrogens with two attached hydrogens (primary N) is 1. The summed E-state index contributed by atoms with van der Waals surface area (Å²) >= 11 is 0. The zero-order valence-electron chi connectivity index (χ0n) is 11.0. The lowest BCUT2D eigenvalue weighted by Crippen LogP contribution is -2.64. The third kappa shape index (κ3) is 2.08. The van der Waals surface area contributed by atoms with Crippen LogP contribution in [0.2, 0.25) is 0 Å². The average Bonchev–Trinajstić information content (AvgIpc) is 2.28. The van der Waals surface area contributed by atoms with Gasteiger partial charge in [0.2, 0.25) is 0 Å². The number of aryl methyl sites for hydroxylation is 1. The first-order valence-corrected chi connectivity index (χ1v) is 6.18. The van der Waals surface area contributed by atoms with Gasteiger partial charge in [0.15, 0.2) is 0 Å². The van der Waals surface area contributed by atoms with Crippen molar-refractivity contribution >= 4 is 5.91 Å². The molecule has 2 unspecified atom stereocenters. The number of carbonyl (C=O) groups is 1. The Balaban J connectivity index is 2.09. The predicted octanol–water partition coefficient (Wildman–Crippen LogP) is 1.56. The van der Waals surface area contributed by atoms with Crippen molar-refractivity contribution in [1.82, 2.24) is 5.32 Å². The van der Waals surface area contributed by atoms with Gasteiger partial charge in [-0.25, -0.2) is 0 Å². The molecule has 0 aliphatic heterocycles. The van der Waals surface area contributed by atoms with E-state index in [1.54, 1.807) is 12.1 Å². The van der Waals surface area contributed by atoms with Crippen LogP contribution < -0.4 is 11.1 Å². The van der Waals surface area contributed by atoms with Crippen molar-refractivity contribution in [3.05, 3.63) is 29.3 Å². The van der Waals surface area contributed by atoms with Crippen molar-refractivity contribution in [2.24, 2.45) is 11.1 Å². The topological polar surface area (TPSA) is 75.3 Å². The van der Waals surface area contributed by atoms with Crippen LogP contribution in [0.25, 0.3) is 0 Å². The lowest BCUT2D eigenvalue weighted by molar-refractivity contribution is 0.0586. The molecule has 1 aromatic carbocycles. The smallest absolute Gasteiger partial charge is 0.251 e. The first-order chi connectivity index (χ1) is 8.32. The maximum absolute atomic E-state index is 12.1. The molecule has 1 aliphatic carbocycles. The Morgan fingerprint density at radius 3 is 2.67 bits per heavy atom. The molecule has 1 aliphatic rings. The molecule has 1 aromatic rings. The largest absolute Gasteiger partial charge is 0.508 e. The third-order valence-electron chi connectivity index (χ3n) is 4.10. The average molecular weight is 248 g/mol. The minimum absolute atomic E-state index is 0.0551. The van der Waals surface area contributed by atoms with E-state index in [0.717, 1.165) is 12.0 Å². The highest BCUT2D eigenvalue weighted by Gasteiger charge is 2.46. The standard InChI is InChI=1S/C14H20N2O2/c1-8-6-9(17)4-5-10(8)13(18)16-12-7-11(15)14(12,2)3/h4-6,11-12,17H,7,15H2,1-3H3,(H,16,18).